The van der Waals surface area contributed by atoms with Gasteiger partial charge in [0.15, 0.2) is 5.76 Å². The van der Waals surface area contributed by atoms with Crippen LogP contribution in [0.25, 0.3) is 0 Å². The summed E-state index contributed by atoms with van der Waals surface area (Å²) in [5.74, 6) is -0.264. The average molecular weight is 450 g/mol. The van der Waals surface area contributed by atoms with Crippen molar-refractivity contribution in [3.05, 3.63) is 83.8 Å². The Bertz CT molecular complexity index is 1080. The van der Waals surface area contributed by atoms with Gasteiger partial charge in [0.25, 0.3) is 5.91 Å². The van der Waals surface area contributed by atoms with Crippen molar-refractivity contribution in [2.24, 2.45) is 0 Å². The molecule has 3 rings (SSSR count). The summed E-state index contributed by atoms with van der Waals surface area (Å²) < 4.78 is 5.56. The van der Waals surface area contributed by atoms with Gasteiger partial charge in [-0.25, -0.2) is 4.79 Å². The number of amides is 4. The van der Waals surface area contributed by atoms with Crippen molar-refractivity contribution in [2.45, 2.75) is 20.4 Å². The Kier molecular flexibility index (Phi) is 8.20. The van der Waals surface area contributed by atoms with Gasteiger partial charge in [-0.3, -0.25) is 25.3 Å². The van der Waals surface area contributed by atoms with E-state index in [0.29, 0.717) is 29.2 Å². The Labute approximate surface area is 192 Å². The van der Waals surface area contributed by atoms with Crippen LogP contribution in [0, 0.1) is 0 Å². The van der Waals surface area contributed by atoms with E-state index in [1.807, 2.05) is 18.2 Å². The lowest BCUT2D eigenvalue weighted by Gasteiger charge is -2.15. The molecule has 4 amide bonds. The van der Waals surface area contributed by atoms with Crippen molar-refractivity contribution in [1.29, 1.82) is 0 Å². The molecule has 33 heavy (non-hydrogen) atoms. The summed E-state index contributed by atoms with van der Waals surface area (Å²) in [7, 11) is 0. The summed E-state index contributed by atoms with van der Waals surface area (Å²) >= 11 is 0. The number of urea groups is 1. The van der Waals surface area contributed by atoms with Crippen LogP contribution in [-0.4, -0.2) is 35.8 Å². The number of furan rings is 1. The number of para-hydroxylation sites is 1. The molecule has 0 spiro atoms. The molecule has 1 heterocycles. The molecule has 9 nitrogen and oxygen atoms in total. The SMILES string of the molecule is CCN(CC)Cc1ccc(C(=O)NNC(=O)c2ccc(NC(=O)Nc3ccccc3)cc2)o1. The number of benzene rings is 2. The molecule has 0 saturated carbocycles. The van der Waals surface area contributed by atoms with Crippen LogP contribution in [0.3, 0.4) is 0 Å². The molecule has 0 aliphatic rings. The Balaban J connectivity index is 1.48. The number of rotatable bonds is 8. The van der Waals surface area contributed by atoms with Gasteiger partial charge in [0.2, 0.25) is 0 Å². The van der Waals surface area contributed by atoms with E-state index in [-0.39, 0.29) is 5.76 Å². The molecule has 0 saturated heterocycles. The fourth-order valence-electron chi connectivity index (χ4n) is 3.02. The molecule has 0 unspecified atom stereocenters. The summed E-state index contributed by atoms with van der Waals surface area (Å²) in [5.41, 5.74) is 6.18. The predicted octanol–water partition coefficient (Wildman–Crippen LogP) is 3.84. The summed E-state index contributed by atoms with van der Waals surface area (Å²) in [6.45, 7) is 6.47. The number of hydrogen-bond acceptors (Lipinski definition) is 5. The van der Waals surface area contributed by atoms with Gasteiger partial charge in [0, 0.05) is 16.9 Å². The highest BCUT2D eigenvalue weighted by Crippen LogP contribution is 2.12. The third-order valence-electron chi connectivity index (χ3n) is 4.89. The van der Waals surface area contributed by atoms with E-state index in [9.17, 15) is 14.4 Å². The summed E-state index contributed by atoms with van der Waals surface area (Å²) in [4.78, 5) is 38.8. The van der Waals surface area contributed by atoms with Crippen molar-refractivity contribution >= 4 is 29.2 Å². The minimum Gasteiger partial charge on any atom is -0.454 e. The molecule has 0 radical (unpaired) electrons. The Morgan fingerprint density at radius 3 is 2.00 bits per heavy atom. The van der Waals surface area contributed by atoms with Gasteiger partial charge >= 0.3 is 11.9 Å². The maximum atomic E-state index is 12.3. The van der Waals surface area contributed by atoms with Crippen LogP contribution < -0.4 is 21.5 Å². The highest BCUT2D eigenvalue weighted by Gasteiger charge is 2.14. The minimum absolute atomic E-state index is 0.112. The third kappa shape index (κ3) is 6.94. The zero-order valence-corrected chi connectivity index (χ0v) is 18.6. The number of nitrogens with zero attached hydrogens (tertiary/aromatic N) is 1. The molecule has 0 atom stereocenters. The average Bonchev–Trinajstić information content (AvgIpc) is 3.30. The largest absolute Gasteiger partial charge is 0.454 e. The molecule has 4 N–H and O–H groups in total. The van der Waals surface area contributed by atoms with Crippen LogP contribution in [0.5, 0.6) is 0 Å². The van der Waals surface area contributed by atoms with Crippen molar-refractivity contribution in [2.75, 3.05) is 23.7 Å². The molecule has 9 heteroatoms. The fourth-order valence-corrected chi connectivity index (χ4v) is 3.02. The Morgan fingerprint density at radius 2 is 1.36 bits per heavy atom. The first-order chi connectivity index (χ1) is 16.0. The number of hydrazine groups is 1. The van der Waals surface area contributed by atoms with Gasteiger partial charge in [-0.15, -0.1) is 0 Å². The summed E-state index contributed by atoms with van der Waals surface area (Å²) in [6, 6.07) is 18.2. The van der Waals surface area contributed by atoms with Crippen molar-refractivity contribution in [3.63, 3.8) is 0 Å². The third-order valence-corrected chi connectivity index (χ3v) is 4.89. The molecule has 172 valence electrons. The molecular formula is C24H27N5O4. The normalized spacial score (nSPS) is 10.5. The summed E-state index contributed by atoms with van der Waals surface area (Å²) in [5, 5.41) is 5.39. The zero-order valence-electron chi connectivity index (χ0n) is 18.6. The van der Waals surface area contributed by atoms with Gasteiger partial charge in [-0.1, -0.05) is 32.0 Å². The number of hydrogen-bond donors (Lipinski definition) is 4. The van der Waals surface area contributed by atoms with Gasteiger partial charge in [0.1, 0.15) is 5.76 Å². The van der Waals surface area contributed by atoms with Crippen molar-refractivity contribution < 1.29 is 18.8 Å². The quantitative estimate of drug-likeness (QED) is 0.390. The first-order valence-corrected chi connectivity index (χ1v) is 10.6. The number of nitrogens with one attached hydrogen (secondary N) is 4. The maximum Gasteiger partial charge on any atom is 0.323 e. The van der Waals surface area contributed by atoms with E-state index >= 15 is 0 Å². The lowest BCUT2D eigenvalue weighted by atomic mass is 10.2. The van der Waals surface area contributed by atoms with E-state index < -0.39 is 17.8 Å². The first-order valence-electron chi connectivity index (χ1n) is 10.6. The smallest absolute Gasteiger partial charge is 0.323 e. The second-order valence-corrected chi connectivity index (χ2v) is 7.16. The van der Waals surface area contributed by atoms with E-state index in [1.54, 1.807) is 36.4 Å². The van der Waals surface area contributed by atoms with Gasteiger partial charge in [0.05, 0.1) is 6.54 Å². The lowest BCUT2D eigenvalue weighted by molar-refractivity contribution is 0.0829. The molecule has 0 bridgehead atoms. The maximum absolute atomic E-state index is 12.3. The second-order valence-electron chi connectivity index (χ2n) is 7.16. The molecule has 0 aliphatic heterocycles. The van der Waals surface area contributed by atoms with E-state index in [1.165, 1.54) is 12.1 Å². The number of carbonyl (C=O) groups is 3. The van der Waals surface area contributed by atoms with Crippen LogP contribution in [0.1, 0.15) is 40.5 Å². The zero-order chi connectivity index (χ0) is 23.6. The molecule has 1 aromatic heterocycles. The molecule has 0 fully saturated rings. The number of anilines is 2. The minimum atomic E-state index is -0.551. The van der Waals surface area contributed by atoms with Crippen molar-refractivity contribution in [1.82, 2.24) is 15.8 Å². The van der Waals surface area contributed by atoms with Crippen LogP contribution in [0.4, 0.5) is 16.2 Å². The number of carbonyl (C=O) groups excluding carboxylic acids is 3. The van der Waals surface area contributed by atoms with Gasteiger partial charge in [-0.05, 0) is 61.6 Å². The fraction of sp³-hybridized carbons (Fsp3) is 0.208. The predicted molar refractivity (Wildman–Crippen MR) is 126 cm³/mol. The summed E-state index contributed by atoms with van der Waals surface area (Å²) in [6.07, 6.45) is 0. The van der Waals surface area contributed by atoms with Crippen LogP contribution >= 0.6 is 0 Å². The standard InChI is InChI=1S/C24H27N5O4/c1-3-29(4-2)16-20-14-15-21(33-20)23(31)28-27-22(30)17-10-12-19(13-11-17)26-24(32)25-18-8-6-5-7-9-18/h5-15H,3-4,16H2,1-2H3,(H,27,30)(H,28,31)(H2,25,26,32). The molecule has 0 aliphatic carbocycles. The highest BCUT2D eigenvalue weighted by molar-refractivity contribution is 6.01. The molecule has 2 aromatic carbocycles. The second kappa shape index (κ2) is 11.5. The van der Waals surface area contributed by atoms with Crippen LogP contribution in [0.15, 0.2) is 71.1 Å². The Morgan fingerprint density at radius 1 is 0.758 bits per heavy atom. The van der Waals surface area contributed by atoms with Crippen molar-refractivity contribution in [3.8, 4) is 0 Å². The molecule has 3 aromatic rings. The lowest BCUT2D eigenvalue weighted by Crippen LogP contribution is -2.41. The van der Waals surface area contributed by atoms with Gasteiger partial charge < -0.3 is 15.1 Å². The van der Waals surface area contributed by atoms with E-state index in [2.05, 4.69) is 40.2 Å². The monoisotopic (exact) mass is 449 g/mol. The first kappa shape index (κ1) is 23.6. The van der Waals surface area contributed by atoms with Crippen LogP contribution in [0.2, 0.25) is 0 Å². The van der Waals surface area contributed by atoms with Crippen LogP contribution in [-0.2, 0) is 6.54 Å². The highest BCUT2D eigenvalue weighted by atomic mass is 16.4. The molecular weight excluding hydrogens is 422 g/mol. The van der Waals surface area contributed by atoms with E-state index in [0.717, 1.165) is 13.1 Å². The topological polar surface area (TPSA) is 116 Å². The van der Waals surface area contributed by atoms with Gasteiger partial charge in [-0.2, -0.15) is 0 Å². The van der Waals surface area contributed by atoms with E-state index in [4.69, 9.17) is 4.42 Å². The Hall–Kier alpha value is -4.11.